The van der Waals surface area contributed by atoms with Crippen LogP contribution in [0, 0.1) is 0 Å². The SMILES string of the molecule is CS(=O)(=O)c1ccc(CN2CCCN(Cc3ccc4c(c3)CCO4)CC2)cc1. The standard InChI is InChI=1S/C22H28N2O3S/c1-28(25,26)21-6-3-18(4-7-21)16-23-10-2-11-24(13-12-23)17-19-5-8-22-20(15-19)9-14-27-22/h3-8,15H,2,9-14,16-17H2,1H3. The number of ether oxygens (including phenoxy) is 1. The Morgan fingerprint density at radius 3 is 2.21 bits per heavy atom. The van der Waals surface area contributed by atoms with Crippen molar-refractivity contribution >= 4 is 9.84 Å². The number of hydrogen-bond acceptors (Lipinski definition) is 5. The third kappa shape index (κ3) is 4.74. The van der Waals surface area contributed by atoms with Gasteiger partial charge in [-0.3, -0.25) is 9.80 Å². The highest BCUT2D eigenvalue weighted by Gasteiger charge is 2.17. The largest absolute Gasteiger partial charge is 0.493 e. The van der Waals surface area contributed by atoms with Gasteiger partial charge in [-0.2, -0.15) is 0 Å². The first-order valence-corrected chi connectivity index (χ1v) is 11.8. The molecule has 2 aromatic rings. The molecule has 1 fully saturated rings. The Balaban J connectivity index is 1.32. The van der Waals surface area contributed by atoms with Gasteiger partial charge in [0, 0.05) is 38.9 Å². The van der Waals surface area contributed by atoms with Crippen molar-refractivity contribution in [3.63, 3.8) is 0 Å². The van der Waals surface area contributed by atoms with Crippen molar-refractivity contribution in [3.05, 3.63) is 59.2 Å². The Hall–Kier alpha value is -1.89. The molecule has 6 heteroatoms. The van der Waals surface area contributed by atoms with Crippen molar-refractivity contribution in [2.75, 3.05) is 39.0 Å². The fourth-order valence-electron chi connectivity index (χ4n) is 4.04. The zero-order valence-corrected chi connectivity index (χ0v) is 17.2. The highest BCUT2D eigenvalue weighted by molar-refractivity contribution is 7.90. The van der Waals surface area contributed by atoms with Gasteiger partial charge in [0.1, 0.15) is 5.75 Å². The minimum absolute atomic E-state index is 0.387. The van der Waals surface area contributed by atoms with Crippen LogP contribution in [0.5, 0.6) is 5.75 Å². The third-order valence-corrected chi connectivity index (χ3v) is 6.73. The molecule has 0 bridgehead atoms. The van der Waals surface area contributed by atoms with Gasteiger partial charge in [0.25, 0.3) is 0 Å². The van der Waals surface area contributed by atoms with Crippen LogP contribution in [0.1, 0.15) is 23.1 Å². The summed E-state index contributed by atoms with van der Waals surface area (Å²) < 4.78 is 28.8. The van der Waals surface area contributed by atoms with E-state index in [-0.39, 0.29) is 0 Å². The van der Waals surface area contributed by atoms with Crippen LogP contribution in [0.3, 0.4) is 0 Å². The molecule has 0 spiro atoms. The summed E-state index contributed by atoms with van der Waals surface area (Å²) >= 11 is 0. The molecule has 4 rings (SSSR count). The van der Waals surface area contributed by atoms with Gasteiger partial charge in [0.05, 0.1) is 11.5 Å². The predicted octanol–water partition coefficient (Wildman–Crippen LogP) is 2.73. The molecule has 1 saturated heterocycles. The lowest BCUT2D eigenvalue weighted by Gasteiger charge is -2.22. The zero-order valence-electron chi connectivity index (χ0n) is 16.4. The number of sulfone groups is 1. The van der Waals surface area contributed by atoms with Crippen molar-refractivity contribution in [2.24, 2.45) is 0 Å². The fourth-order valence-corrected chi connectivity index (χ4v) is 4.67. The first kappa shape index (κ1) is 19.4. The molecule has 5 nitrogen and oxygen atoms in total. The maximum absolute atomic E-state index is 11.6. The van der Waals surface area contributed by atoms with E-state index >= 15 is 0 Å². The summed E-state index contributed by atoms with van der Waals surface area (Å²) in [4.78, 5) is 5.38. The first-order chi connectivity index (χ1) is 13.5. The highest BCUT2D eigenvalue weighted by atomic mass is 32.2. The van der Waals surface area contributed by atoms with Crippen LogP contribution in [0.4, 0.5) is 0 Å². The lowest BCUT2D eigenvalue weighted by Crippen LogP contribution is -2.30. The Bertz CT molecular complexity index is 925. The minimum Gasteiger partial charge on any atom is -0.493 e. The molecule has 0 amide bonds. The van der Waals surface area contributed by atoms with E-state index in [0.717, 1.165) is 64.5 Å². The number of benzene rings is 2. The van der Waals surface area contributed by atoms with E-state index < -0.39 is 9.84 Å². The van der Waals surface area contributed by atoms with Gasteiger partial charge in [-0.15, -0.1) is 0 Å². The summed E-state index contributed by atoms with van der Waals surface area (Å²) in [6.07, 6.45) is 3.42. The second-order valence-electron chi connectivity index (χ2n) is 7.86. The Kier molecular flexibility index (Phi) is 5.71. The molecule has 0 radical (unpaired) electrons. The van der Waals surface area contributed by atoms with Crippen molar-refractivity contribution in [2.45, 2.75) is 30.8 Å². The van der Waals surface area contributed by atoms with Gasteiger partial charge in [-0.05, 0) is 54.4 Å². The number of rotatable bonds is 5. The quantitative estimate of drug-likeness (QED) is 0.772. The van der Waals surface area contributed by atoms with E-state index in [9.17, 15) is 8.42 Å². The fraction of sp³-hybridized carbons (Fsp3) is 0.455. The summed E-state index contributed by atoms with van der Waals surface area (Å²) in [5.74, 6) is 1.05. The van der Waals surface area contributed by atoms with E-state index in [0.29, 0.717) is 4.90 Å². The van der Waals surface area contributed by atoms with Crippen molar-refractivity contribution < 1.29 is 13.2 Å². The molecule has 0 atom stereocenters. The highest BCUT2D eigenvalue weighted by Crippen LogP contribution is 2.26. The molecule has 2 aliphatic rings. The van der Waals surface area contributed by atoms with Crippen LogP contribution in [0.15, 0.2) is 47.4 Å². The summed E-state index contributed by atoms with van der Waals surface area (Å²) in [5, 5.41) is 0. The lowest BCUT2D eigenvalue weighted by atomic mass is 10.1. The molecule has 0 unspecified atom stereocenters. The second-order valence-corrected chi connectivity index (χ2v) is 9.88. The van der Waals surface area contributed by atoms with Crippen LogP contribution in [-0.4, -0.2) is 57.3 Å². The Morgan fingerprint density at radius 1 is 0.893 bits per heavy atom. The van der Waals surface area contributed by atoms with E-state index in [1.807, 2.05) is 12.1 Å². The summed E-state index contributed by atoms with van der Waals surface area (Å²) in [6.45, 7) is 6.93. The van der Waals surface area contributed by atoms with E-state index in [2.05, 4.69) is 28.0 Å². The van der Waals surface area contributed by atoms with Crippen molar-refractivity contribution in [3.8, 4) is 5.75 Å². The van der Waals surface area contributed by atoms with Crippen LogP contribution >= 0.6 is 0 Å². The number of nitrogens with zero attached hydrogens (tertiary/aromatic N) is 2. The van der Waals surface area contributed by atoms with E-state index in [1.54, 1.807) is 12.1 Å². The first-order valence-electron chi connectivity index (χ1n) is 9.96. The average molecular weight is 401 g/mol. The second kappa shape index (κ2) is 8.23. The normalized spacial score (nSPS) is 18.5. The summed E-state index contributed by atoms with van der Waals surface area (Å²) in [7, 11) is -3.13. The molecule has 0 saturated carbocycles. The van der Waals surface area contributed by atoms with Crippen LogP contribution in [-0.2, 0) is 29.3 Å². The lowest BCUT2D eigenvalue weighted by molar-refractivity contribution is 0.247. The van der Waals surface area contributed by atoms with Gasteiger partial charge in [-0.1, -0.05) is 24.3 Å². The summed E-state index contributed by atoms with van der Waals surface area (Å²) in [5.41, 5.74) is 3.88. The molecule has 2 aromatic carbocycles. The van der Waals surface area contributed by atoms with Gasteiger partial charge in [0.15, 0.2) is 9.84 Å². The van der Waals surface area contributed by atoms with Gasteiger partial charge in [-0.25, -0.2) is 8.42 Å². The zero-order chi connectivity index (χ0) is 19.6. The smallest absolute Gasteiger partial charge is 0.175 e. The molecule has 0 N–H and O–H groups in total. The third-order valence-electron chi connectivity index (χ3n) is 5.60. The predicted molar refractivity (Wildman–Crippen MR) is 110 cm³/mol. The number of fused-ring (bicyclic) bond motifs is 1. The molecular weight excluding hydrogens is 372 g/mol. The van der Waals surface area contributed by atoms with Crippen LogP contribution < -0.4 is 4.74 Å². The van der Waals surface area contributed by atoms with Crippen LogP contribution in [0.25, 0.3) is 0 Å². The molecule has 150 valence electrons. The molecular formula is C22H28N2O3S. The number of hydrogen-bond donors (Lipinski definition) is 0. The molecule has 0 aromatic heterocycles. The monoisotopic (exact) mass is 400 g/mol. The Labute approximate surface area is 167 Å². The van der Waals surface area contributed by atoms with E-state index in [1.165, 1.54) is 22.9 Å². The van der Waals surface area contributed by atoms with Gasteiger partial charge in [0.2, 0.25) is 0 Å². The molecule has 0 aliphatic carbocycles. The van der Waals surface area contributed by atoms with E-state index in [4.69, 9.17) is 4.74 Å². The Morgan fingerprint density at radius 2 is 1.54 bits per heavy atom. The maximum Gasteiger partial charge on any atom is 0.175 e. The molecule has 2 aliphatic heterocycles. The van der Waals surface area contributed by atoms with Crippen molar-refractivity contribution in [1.82, 2.24) is 9.80 Å². The molecule has 28 heavy (non-hydrogen) atoms. The minimum atomic E-state index is -3.13. The van der Waals surface area contributed by atoms with Crippen LogP contribution in [0.2, 0.25) is 0 Å². The summed E-state index contributed by atoms with van der Waals surface area (Å²) in [6, 6.07) is 13.9. The van der Waals surface area contributed by atoms with Crippen molar-refractivity contribution in [1.29, 1.82) is 0 Å². The topological polar surface area (TPSA) is 49.9 Å². The average Bonchev–Trinajstić information content (AvgIpc) is 3.02. The molecule has 2 heterocycles. The van der Waals surface area contributed by atoms with Gasteiger partial charge >= 0.3 is 0 Å². The maximum atomic E-state index is 11.6. The van der Waals surface area contributed by atoms with Gasteiger partial charge < -0.3 is 4.74 Å².